The van der Waals surface area contributed by atoms with E-state index in [0.717, 1.165) is 11.1 Å². The van der Waals surface area contributed by atoms with Crippen molar-refractivity contribution >= 4 is 5.91 Å². The molecule has 0 N–H and O–H groups in total. The topological polar surface area (TPSA) is 84.6 Å². The third kappa shape index (κ3) is 6.07. The summed E-state index contributed by atoms with van der Waals surface area (Å²) in [6.07, 6.45) is -3.22. The zero-order valence-electron chi connectivity index (χ0n) is 17.9. The van der Waals surface area contributed by atoms with Crippen LogP contribution in [0.2, 0.25) is 0 Å². The molecule has 0 unspecified atom stereocenters. The maximum Gasteiger partial charge on any atom is 0.422 e. The van der Waals surface area contributed by atoms with Crippen LogP contribution < -0.4 is 4.74 Å². The molecule has 0 atom stereocenters. The van der Waals surface area contributed by atoms with Crippen molar-refractivity contribution in [3.63, 3.8) is 0 Å². The van der Waals surface area contributed by atoms with Crippen molar-refractivity contribution in [2.24, 2.45) is 0 Å². The van der Waals surface area contributed by atoms with Crippen LogP contribution >= 0.6 is 0 Å². The summed E-state index contributed by atoms with van der Waals surface area (Å²) in [5.41, 5.74) is 2.33. The Morgan fingerprint density at radius 2 is 1.82 bits per heavy atom. The lowest BCUT2D eigenvalue weighted by Crippen LogP contribution is -2.48. The second-order valence-corrected chi connectivity index (χ2v) is 7.74. The number of aryl methyl sites for hydroxylation is 1. The number of nitrogens with zero attached hydrogens (tertiary/aromatic N) is 5. The van der Waals surface area contributed by atoms with E-state index in [-0.39, 0.29) is 11.8 Å². The molecule has 1 aromatic carbocycles. The minimum atomic E-state index is -4.45. The molecule has 1 aliphatic heterocycles. The van der Waals surface area contributed by atoms with Gasteiger partial charge in [-0.15, -0.1) is 0 Å². The van der Waals surface area contributed by atoms with Crippen molar-refractivity contribution in [1.82, 2.24) is 24.9 Å². The standard InChI is InChI=1S/C22H22F3N5O3/c1-15-2-4-16(5-3-15)20-27-19(33-28-20)13-29-8-10-30(11-9-29)21(31)17-6-7-18(26-12-17)32-14-22(23,24)25/h2-7,12H,8-11,13-14H2,1H3. The lowest BCUT2D eigenvalue weighted by molar-refractivity contribution is -0.154. The summed E-state index contributed by atoms with van der Waals surface area (Å²) in [5.74, 6) is 0.625. The second-order valence-electron chi connectivity index (χ2n) is 7.74. The molecule has 33 heavy (non-hydrogen) atoms. The van der Waals surface area contributed by atoms with Gasteiger partial charge in [0.05, 0.1) is 12.1 Å². The highest BCUT2D eigenvalue weighted by atomic mass is 19.4. The number of pyridine rings is 1. The van der Waals surface area contributed by atoms with Crippen LogP contribution in [-0.2, 0) is 6.54 Å². The molecule has 0 radical (unpaired) electrons. The molecule has 3 aromatic rings. The second kappa shape index (κ2) is 9.57. The number of aromatic nitrogens is 3. The van der Waals surface area contributed by atoms with Crippen molar-refractivity contribution in [1.29, 1.82) is 0 Å². The van der Waals surface area contributed by atoms with Crippen LogP contribution in [0.5, 0.6) is 5.88 Å². The Balaban J connectivity index is 1.27. The predicted octanol–water partition coefficient (Wildman–Crippen LogP) is 3.34. The van der Waals surface area contributed by atoms with Crippen molar-refractivity contribution in [2.75, 3.05) is 32.8 Å². The molecule has 8 nitrogen and oxygen atoms in total. The number of hydrogen-bond donors (Lipinski definition) is 0. The molecular weight excluding hydrogens is 439 g/mol. The summed E-state index contributed by atoms with van der Waals surface area (Å²) in [6, 6.07) is 10.5. The van der Waals surface area contributed by atoms with E-state index >= 15 is 0 Å². The number of hydrogen-bond acceptors (Lipinski definition) is 7. The van der Waals surface area contributed by atoms with Gasteiger partial charge in [0.2, 0.25) is 17.6 Å². The fraction of sp³-hybridized carbons (Fsp3) is 0.364. The molecule has 11 heteroatoms. The first-order valence-electron chi connectivity index (χ1n) is 10.3. The first-order chi connectivity index (χ1) is 15.8. The zero-order valence-corrected chi connectivity index (χ0v) is 17.9. The molecule has 3 heterocycles. The van der Waals surface area contributed by atoms with Gasteiger partial charge in [-0.1, -0.05) is 35.0 Å². The molecule has 1 aliphatic rings. The fourth-order valence-corrected chi connectivity index (χ4v) is 3.37. The molecule has 1 saturated heterocycles. The van der Waals surface area contributed by atoms with Gasteiger partial charge in [0.15, 0.2) is 6.61 Å². The van der Waals surface area contributed by atoms with Crippen LogP contribution in [0.15, 0.2) is 47.1 Å². The van der Waals surface area contributed by atoms with Gasteiger partial charge in [0, 0.05) is 44.0 Å². The molecular formula is C22H22F3N5O3. The maximum atomic E-state index is 12.7. The van der Waals surface area contributed by atoms with Crippen LogP contribution in [0.25, 0.3) is 11.4 Å². The van der Waals surface area contributed by atoms with Gasteiger partial charge in [-0.25, -0.2) is 4.98 Å². The molecule has 0 saturated carbocycles. The van der Waals surface area contributed by atoms with Crippen LogP contribution in [0.1, 0.15) is 21.8 Å². The first-order valence-corrected chi connectivity index (χ1v) is 10.3. The quantitative estimate of drug-likeness (QED) is 0.557. The number of rotatable bonds is 6. The molecule has 1 fully saturated rings. The Morgan fingerprint density at radius 3 is 2.45 bits per heavy atom. The van der Waals surface area contributed by atoms with Crippen molar-refractivity contribution in [3.05, 3.63) is 59.6 Å². The van der Waals surface area contributed by atoms with Crippen LogP contribution in [0.4, 0.5) is 13.2 Å². The van der Waals surface area contributed by atoms with Crippen molar-refractivity contribution in [2.45, 2.75) is 19.6 Å². The summed E-state index contributed by atoms with van der Waals surface area (Å²) >= 11 is 0. The van der Waals surface area contributed by atoms with E-state index in [2.05, 4.69) is 24.8 Å². The number of carbonyl (C=O) groups is 1. The van der Waals surface area contributed by atoms with Gasteiger partial charge in [0.1, 0.15) is 0 Å². The minimum absolute atomic E-state index is 0.182. The van der Waals surface area contributed by atoms with E-state index in [1.54, 1.807) is 4.90 Å². The van der Waals surface area contributed by atoms with E-state index in [9.17, 15) is 18.0 Å². The summed E-state index contributed by atoms with van der Waals surface area (Å²) in [5, 5.41) is 4.04. The number of carbonyl (C=O) groups excluding carboxylic acids is 1. The van der Waals surface area contributed by atoms with Gasteiger partial charge in [-0.3, -0.25) is 9.69 Å². The molecule has 0 aliphatic carbocycles. The first kappa shape index (κ1) is 22.7. The van der Waals surface area contributed by atoms with Gasteiger partial charge in [-0.2, -0.15) is 18.2 Å². The number of amides is 1. The van der Waals surface area contributed by atoms with E-state index in [1.165, 1.54) is 18.3 Å². The van der Waals surface area contributed by atoms with Crippen LogP contribution in [-0.4, -0.2) is 69.8 Å². The van der Waals surface area contributed by atoms with Gasteiger partial charge >= 0.3 is 6.18 Å². The number of alkyl halides is 3. The van der Waals surface area contributed by atoms with Gasteiger partial charge in [-0.05, 0) is 13.0 Å². The Bertz CT molecular complexity index is 1080. The molecule has 174 valence electrons. The smallest absolute Gasteiger partial charge is 0.422 e. The average Bonchev–Trinajstić information content (AvgIpc) is 3.26. The monoisotopic (exact) mass is 461 g/mol. The Labute approximate surface area is 188 Å². The molecule has 0 bridgehead atoms. The molecule has 4 rings (SSSR count). The van der Waals surface area contributed by atoms with E-state index < -0.39 is 12.8 Å². The van der Waals surface area contributed by atoms with Crippen LogP contribution in [0, 0.1) is 6.92 Å². The third-order valence-electron chi connectivity index (χ3n) is 5.16. The van der Waals surface area contributed by atoms with E-state index in [4.69, 9.17) is 4.52 Å². The normalized spacial score (nSPS) is 15.0. The van der Waals surface area contributed by atoms with Crippen molar-refractivity contribution in [3.8, 4) is 17.3 Å². The van der Waals surface area contributed by atoms with Gasteiger partial charge in [0.25, 0.3) is 5.91 Å². The average molecular weight is 461 g/mol. The number of piperazine rings is 1. The van der Waals surface area contributed by atoms with Crippen molar-refractivity contribution < 1.29 is 27.2 Å². The number of ether oxygens (including phenoxy) is 1. The summed E-state index contributed by atoms with van der Waals surface area (Å²) in [6.45, 7) is 3.28. The SMILES string of the molecule is Cc1ccc(-c2noc(CN3CCN(C(=O)c4ccc(OCC(F)(F)F)nc4)CC3)n2)cc1. The largest absolute Gasteiger partial charge is 0.468 e. The highest BCUT2D eigenvalue weighted by Crippen LogP contribution is 2.19. The maximum absolute atomic E-state index is 12.7. The zero-order chi connectivity index (χ0) is 23.4. The summed E-state index contributed by atoms with van der Waals surface area (Å²) < 4.78 is 46.6. The molecule has 1 amide bonds. The van der Waals surface area contributed by atoms with E-state index in [0.29, 0.717) is 50.0 Å². The third-order valence-corrected chi connectivity index (χ3v) is 5.16. The Morgan fingerprint density at radius 1 is 1.09 bits per heavy atom. The van der Waals surface area contributed by atoms with E-state index in [1.807, 2.05) is 31.2 Å². The minimum Gasteiger partial charge on any atom is -0.468 e. The summed E-state index contributed by atoms with van der Waals surface area (Å²) in [7, 11) is 0. The highest BCUT2D eigenvalue weighted by molar-refractivity contribution is 5.94. The Hall–Kier alpha value is -3.47. The summed E-state index contributed by atoms with van der Waals surface area (Å²) in [4.78, 5) is 24.7. The molecule has 0 spiro atoms. The number of benzene rings is 1. The lowest BCUT2D eigenvalue weighted by Gasteiger charge is -2.33. The fourth-order valence-electron chi connectivity index (χ4n) is 3.37. The predicted molar refractivity (Wildman–Crippen MR) is 111 cm³/mol. The molecule has 2 aromatic heterocycles. The lowest BCUT2D eigenvalue weighted by atomic mass is 10.1. The number of halogens is 3. The highest BCUT2D eigenvalue weighted by Gasteiger charge is 2.29. The van der Waals surface area contributed by atoms with Crippen LogP contribution in [0.3, 0.4) is 0 Å². The Kier molecular flexibility index (Phi) is 6.59. The van der Waals surface area contributed by atoms with Gasteiger partial charge < -0.3 is 14.2 Å².